The third-order valence-corrected chi connectivity index (χ3v) is 4.89. The lowest BCUT2D eigenvalue weighted by Gasteiger charge is -2.04. The molecule has 0 saturated carbocycles. The van der Waals surface area contributed by atoms with Gasteiger partial charge in [-0.3, -0.25) is 4.79 Å². The van der Waals surface area contributed by atoms with Gasteiger partial charge in [0.2, 0.25) is 0 Å². The van der Waals surface area contributed by atoms with E-state index >= 15 is 0 Å². The molecule has 1 N–H and O–H groups in total. The maximum atomic E-state index is 12.1. The number of aryl methyl sites for hydroxylation is 2. The molecule has 0 amide bonds. The van der Waals surface area contributed by atoms with Crippen LogP contribution in [0.4, 0.5) is 0 Å². The first-order valence-electron chi connectivity index (χ1n) is 8.81. The van der Waals surface area contributed by atoms with Gasteiger partial charge in [0.1, 0.15) is 11.6 Å². The number of Topliss-reactive ketones (excluding diaryl/α,β-unsaturated/α-hetero) is 2. The SMILES string of the molecule is CCCCCC(=O)CCc1[nH]c2ccc(Br)cc2c1CCC(C)=O. The van der Waals surface area contributed by atoms with E-state index in [1.54, 1.807) is 6.92 Å². The number of aromatic nitrogens is 1. The summed E-state index contributed by atoms with van der Waals surface area (Å²) < 4.78 is 1.03. The molecule has 0 spiro atoms. The molecule has 1 aromatic carbocycles. The Hall–Kier alpha value is -1.42. The maximum Gasteiger partial charge on any atom is 0.133 e. The second-order valence-electron chi connectivity index (χ2n) is 6.47. The maximum absolute atomic E-state index is 12.1. The molecular formula is C20H26BrNO2. The summed E-state index contributed by atoms with van der Waals surface area (Å²) in [5.41, 5.74) is 3.36. The molecular weight excluding hydrogens is 366 g/mol. The monoisotopic (exact) mass is 391 g/mol. The van der Waals surface area contributed by atoms with Crippen molar-refractivity contribution >= 4 is 38.4 Å². The molecule has 0 aliphatic rings. The van der Waals surface area contributed by atoms with Crippen LogP contribution in [0.5, 0.6) is 0 Å². The number of aromatic amines is 1. The minimum Gasteiger partial charge on any atom is -0.358 e. The summed E-state index contributed by atoms with van der Waals surface area (Å²) in [5.74, 6) is 0.529. The fraction of sp³-hybridized carbons (Fsp3) is 0.500. The Balaban J connectivity index is 2.13. The second-order valence-corrected chi connectivity index (χ2v) is 7.39. The van der Waals surface area contributed by atoms with E-state index in [1.807, 2.05) is 12.1 Å². The smallest absolute Gasteiger partial charge is 0.133 e. The topological polar surface area (TPSA) is 49.9 Å². The number of halogens is 1. The van der Waals surface area contributed by atoms with Crippen molar-refractivity contribution in [2.75, 3.05) is 0 Å². The highest BCUT2D eigenvalue weighted by Gasteiger charge is 2.14. The van der Waals surface area contributed by atoms with Gasteiger partial charge in [-0.25, -0.2) is 0 Å². The van der Waals surface area contributed by atoms with Crippen molar-refractivity contribution in [2.45, 2.75) is 65.2 Å². The highest BCUT2D eigenvalue weighted by atomic mass is 79.9. The van der Waals surface area contributed by atoms with Crippen molar-refractivity contribution in [1.29, 1.82) is 0 Å². The first-order valence-corrected chi connectivity index (χ1v) is 9.60. The Morgan fingerprint density at radius 2 is 1.88 bits per heavy atom. The third kappa shape index (κ3) is 5.30. The van der Waals surface area contributed by atoms with Crippen LogP contribution in [0.2, 0.25) is 0 Å². The van der Waals surface area contributed by atoms with Crippen LogP contribution in [0.25, 0.3) is 10.9 Å². The number of hydrogen-bond donors (Lipinski definition) is 1. The number of hydrogen-bond acceptors (Lipinski definition) is 2. The zero-order valence-electron chi connectivity index (χ0n) is 14.6. The Morgan fingerprint density at radius 1 is 1.08 bits per heavy atom. The molecule has 0 saturated heterocycles. The zero-order valence-corrected chi connectivity index (χ0v) is 16.2. The average Bonchev–Trinajstić information content (AvgIpc) is 2.88. The van der Waals surface area contributed by atoms with Crippen LogP contribution in [0.3, 0.4) is 0 Å². The number of unbranched alkanes of at least 4 members (excludes halogenated alkanes) is 2. The van der Waals surface area contributed by atoms with Gasteiger partial charge in [-0.15, -0.1) is 0 Å². The first-order chi connectivity index (χ1) is 11.5. The number of H-pyrrole nitrogens is 1. The minimum absolute atomic E-state index is 0.195. The lowest BCUT2D eigenvalue weighted by Crippen LogP contribution is -2.03. The van der Waals surface area contributed by atoms with Crippen LogP contribution in [0, 0.1) is 0 Å². The standard InChI is InChI=1S/C20H26BrNO2/c1-3-4-5-6-16(24)9-12-19-17(10-7-14(2)23)18-13-15(21)8-11-20(18)22-19/h8,11,13,22H,3-7,9-10,12H2,1-2H3. The van der Waals surface area contributed by atoms with Crippen molar-refractivity contribution in [1.82, 2.24) is 4.98 Å². The highest BCUT2D eigenvalue weighted by Crippen LogP contribution is 2.28. The summed E-state index contributed by atoms with van der Waals surface area (Å²) in [6.07, 6.45) is 6.50. The molecule has 0 bridgehead atoms. The van der Waals surface area contributed by atoms with Gasteiger partial charge in [0, 0.05) is 40.3 Å². The van der Waals surface area contributed by atoms with Crippen molar-refractivity contribution < 1.29 is 9.59 Å². The van der Waals surface area contributed by atoms with Crippen LogP contribution in [0.1, 0.15) is 63.6 Å². The van der Waals surface area contributed by atoms with Gasteiger partial charge in [-0.2, -0.15) is 0 Å². The molecule has 0 aliphatic heterocycles. The Kier molecular flexibility index (Phi) is 7.22. The van der Waals surface area contributed by atoms with Crippen LogP contribution in [-0.2, 0) is 22.4 Å². The molecule has 1 heterocycles. The van der Waals surface area contributed by atoms with Gasteiger partial charge in [-0.05, 0) is 49.9 Å². The molecule has 0 radical (unpaired) electrons. The summed E-state index contributed by atoms with van der Waals surface area (Å²) in [7, 11) is 0. The van der Waals surface area contributed by atoms with Gasteiger partial charge in [0.05, 0.1) is 0 Å². The van der Waals surface area contributed by atoms with Gasteiger partial charge in [0.15, 0.2) is 0 Å². The predicted molar refractivity (Wildman–Crippen MR) is 102 cm³/mol. The molecule has 0 atom stereocenters. The predicted octanol–water partition coefficient (Wildman–Crippen LogP) is 5.53. The summed E-state index contributed by atoms with van der Waals surface area (Å²) in [6.45, 7) is 3.77. The molecule has 0 aliphatic carbocycles. The number of benzene rings is 1. The van der Waals surface area contributed by atoms with Crippen molar-refractivity contribution in [2.24, 2.45) is 0 Å². The van der Waals surface area contributed by atoms with E-state index in [4.69, 9.17) is 0 Å². The molecule has 2 rings (SSSR count). The van der Waals surface area contributed by atoms with Gasteiger partial charge in [0.25, 0.3) is 0 Å². The fourth-order valence-electron chi connectivity index (χ4n) is 3.04. The summed E-state index contributed by atoms with van der Waals surface area (Å²) >= 11 is 3.52. The zero-order chi connectivity index (χ0) is 17.5. The highest BCUT2D eigenvalue weighted by molar-refractivity contribution is 9.10. The Morgan fingerprint density at radius 3 is 2.58 bits per heavy atom. The van der Waals surface area contributed by atoms with Crippen molar-refractivity contribution in [3.63, 3.8) is 0 Å². The minimum atomic E-state index is 0.195. The van der Waals surface area contributed by atoms with E-state index in [-0.39, 0.29) is 5.78 Å². The fourth-order valence-corrected chi connectivity index (χ4v) is 3.40. The number of carbonyl (C=O) groups excluding carboxylic acids is 2. The number of rotatable bonds is 10. The quantitative estimate of drug-likeness (QED) is 0.540. The molecule has 0 fully saturated rings. The lowest BCUT2D eigenvalue weighted by atomic mass is 10.00. The Bertz CT molecular complexity index is 718. The molecule has 130 valence electrons. The second kappa shape index (κ2) is 9.16. The van der Waals surface area contributed by atoms with Gasteiger partial charge >= 0.3 is 0 Å². The average molecular weight is 392 g/mol. The molecule has 4 heteroatoms. The van der Waals surface area contributed by atoms with Crippen molar-refractivity contribution in [3.8, 4) is 0 Å². The van der Waals surface area contributed by atoms with E-state index in [0.29, 0.717) is 25.0 Å². The first kappa shape index (κ1) is 18.9. The summed E-state index contributed by atoms with van der Waals surface area (Å²) in [6, 6.07) is 6.14. The van der Waals surface area contributed by atoms with Gasteiger partial charge < -0.3 is 9.78 Å². The van der Waals surface area contributed by atoms with E-state index in [1.165, 1.54) is 5.56 Å². The number of nitrogens with one attached hydrogen (secondary N) is 1. The van der Waals surface area contributed by atoms with Gasteiger partial charge in [-0.1, -0.05) is 35.7 Å². The summed E-state index contributed by atoms with van der Waals surface area (Å²) in [5, 5.41) is 1.15. The third-order valence-electron chi connectivity index (χ3n) is 4.40. The van der Waals surface area contributed by atoms with E-state index < -0.39 is 0 Å². The number of ketones is 2. The lowest BCUT2D eigenvalue weighted by molar-refractivity contribution is -0.119. The largest absolute Gasteiger partial charge is 0.358 e. The van der Waals surface area contributed by atoms with Crippen LogP contribution >= 0.6 is 15.9 Å². The van der Waals surface area contributed by atoms with E-state index in [2.05, 4.69) is 33.9 Å². The Labute approximate surface area is 152 Å². The molecule has 3 nitrogen and oxygen atoms in total. The summed E-state index contributed by atoms with van der Waals surface area (Å²) in [4.78, 5) is 26.9. The van der Waals surface area contributed by atoms with Crippen LogP contribution in [0.15, 0.2) is 22.7 Å². The molecule has 1 aromatic heterocycles. The number of carbonyl (C=O) groups is 2. The normalized spacial score (nSPS) is 11.1. The van der Waals surface area contributed by atoms with Crippen LogP contribution in [-0.4, -0.2) is 16.6 Å². The number of fused-ring (bicyclic) bond motifs is 1. The van der Waals surface area contributed by atoms with E-state index in [0.717, 1.165) is 53.2 Å². The van der Waals surface area contributed by atoms with Crippen LogP contribution < -0.4 is 0 Å². The van der Waals surface area contributed by atoms with Crippen molar-refractivity contribution in [3.05, 3.63) is 33.9 Å². The molecule has 24 heavy (non-hydrogen) atoms. The molecule has 0 unspecified atom stereocenters. The van der Waals surface area contributed by atoms with E-state index in [9.17, 15) is 9.59 Å². The molecule has 2 aromatic rings.